The molecule has 0 saturated carbocycles. The summed E-state index contributed by atoms with van der Waals surface area (Å²) in [4.78, 5) is 26.9. The maximum atomic E-state index is 13.9. The van der Waals surface area contributed by atoms with Gasteiger partial charge >= 0.3 is 6.18 Å². The average molecular weight is 583 g/mol. The monoisotopic (exact) mass is 582 g/mol. The number of halogens is 3. The van der Waals surface area contributed by atoms with Crippen LogP contribution in [0.3, 0.4) is 0 Å². The maximum Gasteiger partial charge on any atom is 0.423 e. The van der Waals surface area contributed by atoms with E-state index >= 15 is 0 Å². The normalized spacial score (nSPS) is 18.5. The number of anilines is 3. The number of benzene rings is 2. The van der Waals surface area contributed by atoms with Crippen LogP contribution in [0.5, 0.6) is 17.4 Å². The van der Waals surface area contributed by atoms with E-state index in [4.69, 9.17) is 9.47 Å². The number of piperidine rings is 1. The molecule has 0 atom stereocenters. The van der Waals surface area contributed by atoms with E-state index in [1.165, 1.54) is 24.5 Å². The summed E-state index contributed by atoms with van der Waals surface area (Å²) in [6.45, 7) is 4.55. The Bertz CT molecular complexity index is 1510. The van der Waals surface area contributed by atoms with Crippen molar-refractivity contribution in [3.8, 4) is 17.4 Å². The zero-order chi connectivity index (χ0) is 29.6. The Morgan fingerprint density at radius 2 is 1.79 bits per heavy atom. The molecule has 9 nitrogen and oxygen atoms in total. The zero-order valence-corrected chi connectivity index (χ0v) is 23.8. The third-order valence-electron chi connectivity index (χ3n) is 8.60. The lowest BCUT2D eigenvalue weighted by molar-refractivity contribution is -0.139. The Kier molecular flexibility index (Phi) is 7.12. The van der Waals surface area contributed by atoms with Crippen molar-refractivity contribution in [2.24, 2.45) is 5.41 Å². The highest BCUT2D eigenvalue weighted by Crippen LogP contribution is 2.43. The van der Waals surface area contributed by atoms with E-state index in [-0.39, 0.29) is 23.2 Å². The third-order valence-corrected chi connectivity index (χ3v) is 8.60. The number of likely N-dealkylation sites (tertiary alicyclic amines) is 1. The quantitative estimate of drug-likeness (QED) is 0.405. The van der Waals surface area contributed by atoms with Gasteiger partial charge in [0.15, 0.2) is 0 Å². The molecule has 42 heavy (non-hydrogen) atoms. The van der Waals surface area contributed by atoms with Gasteiger partial charge in [0, 0.05) is 51.2 Å². The Morgan fingerprint density at radius 3 is 2.48 bits per heavy atom. The fourth-order valence-corrected chi connectivity index (χ4v) is 6.26. The molecule has 0 unspecified atom stereocenters. The highest BCUT2D eigenvalue weighted by atomic mass is 19.4. The summed E-state index contributed by atoms with van der Waals surface area (Å²) in [5, 5.41) is 2.98. The van der Waals surface area contributed by atoms with Gasteiger partial charge in [0.05, 0.1) is 18.4 Å². The first-order valence-corrected chi connectivity index (χ1v) is 13.9. The molecule has 1 amide bonds. The SMILES string of the molecule is COc1cc(N2CCC3(CCN(C)C3)CC2)ccc1Nc1ncc(C(F)(F)F)c(Oc2cccc3c2C(=O)N(C)C3)n1. The van der Waals surface area contributed by atoms with Crippen LogP contribution in [0.25, 0.3) is 0 Å². The number of fused-ring (bicyclic) bond motifs is 1. The van der Waals surface area contributed by atoms with Crippen molar-refractivity contribution in [1.29, 1.82) is 0 Å². The lowest BCUT2D eigenvalue weighted by Gasteiger charge is -2.40. The molecule has 0 radical (unpaired) electrons. The zero-order valence-electron chi connectivity index (χ0n) is 23.8. The van der Waals surface area contributed by atoms with Crippen molar-refractivity contribution >= 4 is 23.2 Å². The highest BCUT2D eigenvalue weighted by molar-refractivity contribution is 6.00. The van der Waals surface area contributed by atoms with E-state index in [0.717, 1.165) is 44.7 Å². The number of rotatable bonds is 6. The standard InChI is InChI=1S/C30H33F3N6O3/c1-37-12-9-29(18-37)10-13-39(14-11-29)20-7-8-22(24(15-20)41-3)35-28-34-16-21(30(31,32)33)26(36-28)42-23-6-4-5-19-17-38(2)27(40)25(19)23/h4-8,15-16H,9-14,17-18H2,1-3H3,(H,34,35,36). The first kappa shape index (κ1) is 28.1. The van der Waals surface area contributed by atoms with Crippen molar-refractivity contribution < 1.29 is 27.4 Å². The number of aromatic nitrogens is 2. The van der Waals surface area contributed by atoms with E-state index in [2.05, 4.69) is 32.1 Å². The summed E-state index contributed by atoms with van der Waals surface area (Å²) >= 11 is 0. The van der Waals surface area contributed by atoms with E-state index in [9.17, 15) is 18.0 Å². The number of nitrogens with zero attached hydrogens (tertiary/aromatic N) is 5. The Hall–Kier alpha value is -4.06. The van der Waals surface area contributed by atoms with E-state index in [0.29, 0.717) is 35.2 Å². The number of carbonyl (C=O) groups excluding carboxylic acids is 1. The molecule has 6 rings (SSSR count). The van der Waals surface area contributed by atoms with E-state index in [1.54, 1.807) is 19.2 Å². The van der Waals surface area contributed by atoms with Gasteiger partial charge in [-0.1, -0.05) is 12.1 Å². The summed E-state index contributed by atoms with van der Waals surface area (Å²) in [7, 11) is 5.34. The van der Waals surface area contributed by atoms with Crippen LogP contribution < -0.4 is 19.7 Å². The van der Waals surface area contributed by atoms with Gasteiger partial charge in [-0.05, 0) is 62.0 Å². The van der Waals surface area contributed by atoms with Crippen molar-refractivity contribution in [2.75, 3.05) is 57.6 Å². The van der Waals surface area contributed by atoms with Gasteiger partial charge in [0.2, 0.25) is 11.8 Å². The molecule has 1 aromatic heterocycles. The Labute approximate surface area is 242 Å². The predicted molar refractivity (Wildman–Crippen MR) is 152 cm³/mol. The van der Waals surface area contributed by atoms with Crippen molar-refractivity contribution in [3.05, 3.63) is 59.3 Å². The highest BCUT2D eigenvalue weighted by Gasteiger charge is 2.40. The molecule has 1 N–H and O–H groups in total. The van der Waals surface area contributed by atoms with Gasteiger partial charge in [-0.15, -0.1) is 0 Å². The number of hydrogen-bond donors (Lipinski definition) is 1. The fourth-order valence-electron chi connectivity index (χ4n) is 6.26. The van der Waals surface area contributed by atoms with Crippen LogP contribution in [0.2, 0.25) is 0 Å². The lowest BCUT2D eigenvalue weighted by atomic mass is 9.77. The number of carbonyl (C=O) groups is 1. The summed E-state index contributed by atoms with van der Waals surface area (Å²) in [5.41, 5.74) is 1.66. The molecule has 3 aliphatic heterocycles. The second kappa shape index (κ2) is 10.6. The topological polar surface area (TPSA) is 83.1 Å². The number of nitrogens with one attached hydrogen (secondary N) is 1. The summed E-state index contributed by atoms with van der Waals surface area (Å²) in [6.07, 6.45) is -0.593. The molecule has 3 aliphatic rings. The molecule has 12 heteroatoms. The van der Waals surface area contributed by atoms with E-state index in [1.807, 2.05) is 18.2 Å². The molecule has 0 bridgehead atoms. The van der Waals surface area contributed by atoms with Gasteiger partial charge in [-0.2, -0.15) is 18.2 Å². The Balaban J connectivity index is 1.24. The number of amides is 1. The first-order chi connectivity index (χ1) is 20.0. The largest absolute Gasteiger partial charge is 0.494 e. The number of methoxy groups -OCH3 is 1. The van der Waals surface area contributed by atoms with Crippen LogP contribution >= 0.6 is 0 Å². The minimum absolute atomic E-state index is 0.00601. The van der Waals surface area contributed by atoms with Crippen LogP contribution in [0.4, 0.5) is 30.5 Å². The predicted octanol–water partition coefficient (Wildman–Crippen LogP) is 5.55. The maximum absolute atomic E-state index is 13.9. The van der Waals surface area contributed by atoms with E-state index < -0.39 is 17.6 Å². The second-order valence-corrected chi connectivity index (χ2v) is 11.4. The molecule has 2 fully saturated rings. The lowest BCUT2D eigenvalue weighted by Crippen LogP contribution is -2.41. The van der Waals surface area contributed by atoms with Crippen molar-refractivity contribution in [3.63, 3.8) is 0 Å². The first-order valence-electron chi connectivity index (χ1n) is 13.9. The van der Waals surface area contributed by atoms with Gasteiger partial charge < -0.3 is 29.5 Å². The molecule has 222 valence electrons. The third kappa shape index (κ3) is 5.31. The minimum atomic E-state index is -4.77. The molecule has 0 aliphatic carbocycles. The fraction of sp³-hybridized carbons (Fsp3) is 0.433. The van der Waals surface area contributed by atoms with Crippen LogP contribution in [0, 0.1) is 5.41 Å². The van der Waals surface area contributed by atoms with Gasteiger partial charge in [-0.25, -0.2) is 4.98 Å². The molecule has 1 spiro atoms. The number of hydrogen-bond acceptors (Lipinski definition) is 8. The van der Waals surface area contributed by atoms with Gasteiger partial charge in [0.25, 0.3) is 5.91 Å². The molecule has 4 heterocycles. The number of ether oxygens (including phenoxy) is 2. The Morgan fingerprint density at radius 1 is 1.02 bits per heavy atom. The summed E-state index contributed by atoms with van der Waals surface area (Å²) < 4.78 is 53.0. The molecule has 2 aromatic carbocycles. The van der Waals surface area contributed by atoms with Crippen LogP contribution in [-0.2, 0) is 12.7 Å². The molecule has 2 saturated heterocycles. The van der Waals surface area contributed by atoms with Gasteiger partial charge in [-0.3, -0.25) is 4.79 Å². The summed E-state index contributed by atoms with van der Waals surface area (Å²) in [5.74, 6) is -0.623. The summed E-state index contributed by atoms with van der Waals surface area (Å²) in [6, 6.07) is 10.5. The second-order valence-electron chi connectivity index (χ2n) is 11.4. The smallest absolute Gasteiger partial charge is 0.423 e. The average Bonchev–Trinajstić information content (AvgIpc) is 3.47. The molecular weight excluding hydrogens is 549 g/mol. The molecule has 3 aromatic rings. The van der Waals surface area contributed by atoms with Crippen LogP contribution in [0.1, 0.15) is 40.7 Å². The van der Waals surface area contributed by atoms with Gasteiger partial charge in [0.1, 0.15) is 17.1 Å². The number of alkyl halides is 3. The molecular formula is C30H33F3N6O3. The van der Waals surface area contributed by atoms with Crippen molar-refractivity contribution in [2.45, 2.75) is 32.0 Å². The van der Waals surface area contributed by atoms with Crippen LogP contribution in [0.15, 0.2) is 42.6 Å². The minimum Gasteiger partial charge on any atom is -0.494 e. The van der Waals surface area contributed by atoms with Crippen molar-refractivity contribution in [1.82, 2.24) is 19.8 Å². The van der Waals surface area contributed by atoms with Crippen LogP contribution in [-0.4, -0.2) is 73.1 Å².